The Kier molecular flexibility index (Phi) is 2.83. The van der Waals surface area contributed by atoms with Crippen molar-refractivity contribution in [3.05, 3.63) is 40.1 Å². The van der Waals surface area contributed by atoms with Gasteiger partial charge in [-0.3, -0.25) is 0 Å². The number of nitrogens with zero attached hydrogens (tertiary/aromatic N) is 3. The maximum absolute atomic E-state index is 5.48. The highest BCUT2D eigenvalue weighted by Crippen LogP contribution is 2.23. The predicted octanol–water partition coefficient (Wildman–Crippen LogP) is 1.80. The fourth-order valence-corrected chi connectivity index (χ4v) is 1.76. The number of aromatic nitrogens is 3. The molecule has 2 N–H and O–H groups in total. The third-order valence-electron chi connectivity index (χ3n) is 2.17. The second-order valence-electron chi connectivity index (χ2n) is 3.27. The van der Waals surface area contributed by atoms with Gasteiger partial charge in [0, 0.05) is 11.0 Å². The maximum Gasteiger partial charge on any atom is 0.0967 e. The van der Waals surface area contributed by atoms with Crippen LogP contribution in [0.15, 0.2) is 28.9 Å². The topological polar surface area (TPSA) is 56.7 Å². The Morgan fingerprint density at radius 3 is 2.93 bits per heavy atom. The average molecular weight is 267 g/mol. The molecule has 0 atom stereocenters. The van der Waals surface area contributed by atoms with Crippen molar-refractivity contribution in [2.24, 2.45) is 5.73 Å². The molecule has 1 aromatic carbocycles. The Balaban J connectivity index is 2.49. The van der Waals surface area contributed by atoms with Crippen LogP contribution in [0.2, 0.25) is 0 Å². The van der Waals surface area contributed by atoms with E-state index in [0.717, 1.165) is 21.4 Å². The van der Waals surface area contributed by atoms with Crippen LogP contribution in [-0.4, -0.2) is 15.0 Å². The van der Waals surface area contributed by atoms with Crippen LogP contribution < -0.4 is 5.73 Å². The number of rotatable bonds is 2. The Morgan fingerprint density at radius 1 is 1.47 bits per heavy atom. The van der Waals surface area contributed by atoms with Crippen LogP contribution in [0.4, 0.5) is 0 Å². The second kappa shape index (κ2) is 4.12. The molecule has 0 saturated carbocycles. The van der Waals surface area contributed by atoms with Crippen molar-refractivity contribution in [2.45, 2.75) is 13.5 Å². The molecule has 0 amide bonds. The molecule has 2 aromatic rings. The van der Waals surface area contributed by atoms with Gasteiger partial charge in [-0.05, 0) is 34.5 Å². The lowest BCUT2D eigenvalue weighted by Crippen LogP contribution is -1.97. The summed E-state index contributed by atoms with van der Waals surface area (Å²) in [7, 11) is 0. The van der Waals surface area contributed by atoms with Crippen LogP contribution in [0.25, 0.3) is 5.69 Å². The molecule has 0 radical (unpaired) electrons. The smallest absolute Gasteiger partial charge is 0.0967 e. The number of halogens is 1. The molecule has 0 unspecified atom stereocenters. The van der Waals surface area contributed by atoms with Crippen molar-refractivity contribution in [1.82, 2.24) is 15.0 Å². The van der Waals surface area contributed by atoms with Gasteiger partial charge in [-0.1, -0.05) is 17.3 Å². The summed E-state index contributed by atoms with van der Waals surface area (Å²) in [5.74, 6) is 0. The monoisotopic (exact) mass is 266 g/mol. The number of hydrogen-bond acceptors (Lipinski definition) is 3. The van der Waals surface area contributed by atoms with Crippen LogP contribution in [-0.2, 0) is 6.54 Å². The van der Waals surface area contributed by atoms with Gasteiger partial charge in [0.15, 0.2) is 0 Å². The minimum Gasteiger partial charge on any atom is -0.325 e. The molecular formula is C10H11BrN4. The zero-order chi connectivity index (χ0) is 10.8. The van der Waals surface area contributed by atoms with Crippen molar-refractivity contribution in [3.63, 3.8) is 0 Å². The summed E-state index contributed by atoms with van der Waals surface area (Å²) in [5.41, 5.74) is 8.40. The van der Waals surface area contributed by atoms with Crippen molar-refractivity contribution in [2.75, 3.05) is 0 Å². The molecule has 15 heavy (non-hydrogen) atoms. The number of hydrogen-bond donors (Lipinski definition) is 1. The summed E-state index contributed by atoms with van der Waals surface area (Å²) in [6.45, 7) is 2.44. The highest BCUT2D eigenvalue weighted by Gasteiger charge is 2.06. The van der Waals surface area contributed by atoms with Gasteiger partial charge < -0.3 is 5.73 Å². The molecule has 0 fully saturated rings. The molecule has 1 heterocycles. The molecule has 1 aromatic heterocycles. The Labute approximate surface area is 96.2 Å². The molecule has 4 nitrogen and oxygen atoms in total. The quantitative estimate of drug-likeness (QED) is 0.902. The van der Waals surface area contributed by atoms with E-state index in [4.69, 9.17) is 5.73 Å². The van der Waals surface area contributed by atoms with Crippen molar-refractivity contribution in [3.8, 4) is 5.69 Å². The number of nitrogens with two attached hydrogens (primary N) is 1. The zero-order valence-electron chi connectivity index (χ0n) is 8.31. The van der Waals surface area contributed by atoms with Gasteiger partial charge in [-0.15, -0.1) is 5.10 Å². The van der Waals surface area contributed by atoms with E-state index in [0.29, 0.717) is 6.54 Å². The summed E-state index contributed by atoms with van der Waals surface area (Å²) in [4.78, 5) is 0. The summed E-state index contributed by atoms with van der Waals surface area (Å²) < 4.78 is 2.75. The summed E-state index contributed by atoms with van der Waals surface area (Å²) in [5, 5.41) is 7.96. The lowest BCUT2D eigenvalue weighted by Gasteiger charge is -2.05. The third-order valence-corrected chi connectivity index (χ3v) is 3.20. The molecule has 0 spiro atoms. The van der Waals surface area contributed by atoms with Crippen LogP contribution in [0.5, 0.6) is 0 Å². The highest BCUT2D eigenvalue weighted by atomic mass is 79.9. The van der Waals surface area contributed by atoms with Gasteiger partial charge >= 0.3 is 0 Å². The third kappa shape index (κ3) is 1.93. The first-order valence-electron chi connectivity index (χ1n) is 4.59. The predicted molar refractivity (Wildman–Crippen MR) is 61.7 cm³/mol. The Bertz CT molecular complexity index is 478. The Hall–Kier alpha value is -1.20. The largest absolute Gasteiger partial charge is 0.325 e. The minimum atomic E-state index is 0.406. The van der Waals surface area contributed by atoms with Gasteiger partial charge in [-0.25, -0.2) is 4.68 Å². The fraction of sp³-hybridized carbons (Fsp3) is 0.200. The summed E-state index contributed by atoms with van der Waals surface area (Å²) >= 11 is 3.53. The molecule has 78 valence electrons. The molecule has 5 heteroatoms. The number of benzene rings is 1. The second-order valence-corrected chi connectivity index (χ2v) is 4.06. The molecule has 0 aliphatic heterocycles. The van der Waals surface area contributed by atoms with Crippen LogP contribution in [0, 0.1) is 6.92 Å². The maximum atomic E-state index is 5.48. The van der Waals surface area contributed by atoms with Crippen LogP contribution >= 0.6 is 15.9 Å². The van der Waals surface area contributed by atoms with E-state index < -0.39 is 0 Å². The van der Waals surface area contributed by atoms with E-state index in [-0.39, 0.29) is 0 Å². The van der Waals surface area contributed by atoms with E-state index in [1.165, 1.54) is 0 Å². The fourth-order valence-electron chi connectivity index (χ4n) is 1.32. The van der Waals surface area contributed by atoms with Gasteiger partial charge in [0.05, 0.1) is 17.6 Å². The number of aryl methyl sites for hydroxylation is 1. The van der Waals surface area contributed by atoms with E-state index >= 15 is 0 Å². The van der Waals surface area contributed by atoms with Gasteiger partial charge in [-0.2, -0.15) is 0 Å². The molecule has 0 saturated heterocycles. The van der Waals surface area contributed by atoms with Gasteiger partial charge in [0.2, 0.25) is 0 Å². The van der Waals surface area contributed by atoms with Crippen molar-refractivity contribution in [1.29, 1.82) is 0 Å². The molecule has 0 aliphatic rings. The lowest BCUT2D eigenvalue weighted by atomic mass is 10.2. The molecule has 0 bridgehead atoms. The Morgan fingerprint density at radius 2 is 2.27 bits per heavy atom. The standard InChI is InChI=1S/C10H11BrN4/c1-7-3-2-4-9(10(7)11)15-6-8(5-12)13-14-15/h2-4,6H,5,12H2,1H3. The SMILES string of the molecule is Cc1cccc(-n2cc(CN)nn2)c1Br. The summed E-state index contributed by atoms with van der Waals surface area (Å²) in [6.07, 6.45) is 1.83. The first kappa shape index (κ1) is 10.3. The molecule has 0 aliphatic carbocycles. The van der Waals surface area contributed by atoms with Gasteiger partial charge in [0.25, 0.3) is 0 Å². The first-order chi connectivity index (χ1) is 7.22. The zero-order valence-corrected chi connectivity index (χ0v) is 9.90. The molecule has 2 rings (SSSR count). The van der Waals surface area contributed by atoms with Gasteiger partial charge in [0.1, 0.15) is 0 Å². The lowest BCUT2D eigenvalue weighted by molar-refractivity contribution is 0.793. The van der Waals surface area contributed by atoms with Crippen LogP contribution in [0.3, 0.4) is 0 Å². The normalized spacial score (nSPS) is 10.6. The van der Waals surface area contributed by atoms with Crippen LogP contribution in [0.1, 0.15) is 11.3 Å². The summed E-state index contributed by atoms with van der Waals surface area (Å²) in [6, 6.07) is 6.00. The van der Waals surface area contributed by atoms with E-state index in [1.54, 1.807) is 4.68 Å². The van der Waals surface area contributed by atoms with Crippen molar-refractivity contribution >= 4 is 15.9 Å². The van der Waals surface area contributed by atoms with Crippen molar-refractivity contribution < 1.29 is 0 Å². The molecular weight excluding hydrogens is 256 g/mol. The van der Waals surface area contributed by atoms with E-state index in [1.807, 2.05) is 31.3 Å². The highest BCUT2D eigenvalue weighted by molar-refractivity contribution is 9.10. The average Bonchev–Trinajstić information content (AvgIpc) is 2.70. The van der Waals surface area contributed by atoms with E-state index in [9.17, 15) is 0 Å². The van der Waals surface area contributed by atoms with E-state index in [2.05, 4.69) is 26.2 Å². The minimum absolute atomic E-state index is 0.406. The first-order valence-corrected chi connectivity index (χ1v) is 5.38.